The summed E-state index contributed by atoms with van der Waals surface area (Å²) < 4.78 is 0. The van der Waals surface area contributed by atoms with E-state index < -0.39 is 0 Å². The molecule has 6 heteroatoms. The van der Waals surface area contributed by atoms with Crippen LogP contribution in [-0.4, -0.2) is 33.6 Å². The van der Waals surface area contributed by atoms with Crippen molar-refractivity contribution in [3.8, 4) is 0 Å². The summed E-state index contributed by atoms with van der Waals surface area (Å²) in [6.45, 7) is 3.63. The molecule has 1 aromatic rings. The van der Waals surface area contributed by atoms with E-state index >= 15 is 0 Å². The van der Waals surface area contributed by atoms with Crippen molar-refractivity contribution < 1.29 is 9.90 Å². The minimum Gasteiger partial charge on any atom is -0.396 e. The summed E-state index contributed by atoms with van der Waals surface area (Å²) >= 11 is 0. The summed E-state index contributed by atoms with van der Waals surface area (Å²) in [5, 5.41) is 12.2. The van der Waals surface area contributed by atoms with Gasteiger partial charge in [0.2, 0.25) is 5.91 Å². The van der Waals surface area contributed by atoms with Gasteiger partial charge in [0.15, 0.2) is 0 Å². The molecule has 6 nitrogen and oxygen atoms in total. The lowest BCUT2D eigenvalue weighted by Gasteiger charge is -2.28. The summed E-state index contributed by atoms with van der Waals surface area (Å²) in [6, 6.07) is 0.0983. The topological polar surface area (TPSA) is 95.1 Å². The molecule has 0 aromatic carbocycles. The monoisotopic (exact) mass is 293 g/mol. The molecule has 0 radical (unpaired) electrons. The second-order valence-corrected chi connectivity index (χ2v) is 5.87. The SMILES string of the molecule is Cc1nc(C)c(CC(=O)N[C@@H]2CCC[C@@H](CO)C2)c(=O)[nH]1. The van der Waals surface area contributed by atoms with Crippen LogP contribution in [0.15, 0.2) is 4.79 Å². The van der Waals surface area contributed by atoms with Gasteiger partial charge in [-0.2, -0.15) is 0 Å². The Morgan fingerprint density at radius 3 is 2.86 bits per heavy atom. The Hall–Kier alpha value is -1.69. The van der Waals surface area contributed by atoms with Crippen molar-refractivity contribution in [2.24, 2.45) is 5.92 Å². The van der Waals surface area contributed by atoms with Gasteiger partial charge in [-0.05, 0) is 39.0 Å². The number of hydrogen-bond acceptors (Lipinski definition) is 4. The molecule has 1 aliphatic carbocycles. The van der Waals surface area contributed by atoms with Gasteiger partial charge in [0.05, 0.1) is 6.42 Å². The van der Waals surface area contributed by atoms with Gasteiger partial charge in [0.25, 0.3) is 5.56 Å². The van der Waals surface area contributed by atoms with Crippen LogP contribution in [-0.2, 0) is 11.2 Å². The van der Waals surface area contributed by atoms with Crippen LogP contribution < -0.4 is 10.9 Å². The quantitative estimate of drug-likeness (QED) is 0.757. The number of H-pyrrole nitrogens is 1. The highest BCUT2D eigenvalue weighted by molar-refractivity contribution is 5.79. The van der Waals surface area contributed by atoms with Crippen molar-refractivity contribution in [1.29, 1.82) is 0 Å². The second kappa shape index (κ2) is 6.85. The van der Waals surface area contributed by atoms with Crippen molar-refractivity contribution >= 4 is 5.91 Å². The van der Waals surface area contributed by atoms with Crippen molar-refractivity contribution in [2.45, 2.75) is 52.0 Å². The van der Waals surface area contributed by atoms with Gasteiger partial charge in [-0.15, -0.1) is 0 Å². The molecule has 1 aromatic heterocycles. The average Bonchev–Trinajstić information content (AvgIpc) is 2.43. The molecule has 0 unspecified atom stereocenters. The van der Waals surface area contributed by atoms with E-state index in [4.69, 9.17) is 0 Å². The van der Waals surface area contributed by atoms with Crippen LogP contribution in [0.2, 0.25) is 0 Å². The smallest absolute Gasteiger partial charge is 0.254 e. The summed E-state index contributed by atoms with van der Waals surface area (Å²) in [5.41, 5.74) is 0.780. The van der Waals surface area contributed by atoms with Crippen LogP contribution in [0.3, 0.4) is 0 Å². The van der Waals surface area contributed by atoms with Gasteiger partial charge in [-0.3, -0.25) is 9.59 Å². The van der Waals surface area contributed by atoms with Crippen LogP contribution in [0.5, 0.6) is 0 Å². The third-order valence-electron chi connectivity index (χ3n) is 4.08. The Morgan fingerprint density at radius 1 is 1.43 bits per heavy atom. The maximum Gasteiger partial charge on any atom is 0.254 e. The van der Waals surface area contributed by atoms with Crippen LogP contribution >= 0.6 is 0 Å². The number of amides is 1. The van der Waals surface area contributed by atoms with Gasteiger partial charge in [-0.25, -0.2) is 4.98 Å². The van der Waals surface area contributed by atoms with Gasteiger partial charge >= 0.3 is 0 Å². The average molecular weight is 293 g/mol. The zero-order valence-corrected chi connectivity index (χ0v) is 12.6. The summed E-state index contributed by atoms with van der Waals surface area (Å²) in [5.74, 6) is 0.674. The summed E-state index contributed by atoms with van der Waals surface area (Å²) in [7, 11) is 0. The highest BCUT2D eigenvalue weighted by Crippen LogP contribution is 2.23. The fourth-order valence-corrected chi connectivity index (χ4v) is 2.99. The first kappa shape index (κ1) is 15.7. The van der Waals surface area contributed by atoms with E-state index in [9.17, 15) is 14.7 Å². The number of carbonyl (C=O) groups excluding carboxylic acids is 1. The highest BCUT2D eigenvalue weighted by atomic mass is 16.3. The number of nitrogens with zero attached hydrogens (tertiary/aromatic N) is 1. The van der Waals surface area contributed by atoms with Crippen LogP contribution in [0, 0.1) is 19.8 Å². The Kier molecular flexibility index (Phi) is 5.12. The molecule has 21 heavy (non-hydrogen) atoms. The number of aromatic amines is 1. The maximum atomic E-state index is 12.1. The van der Waals surface area contributed by atoms with E-state index in [2.05, 4.69) is 15.3 Å². The van der Waals surface area contributed by atoms with E-state index in [1.807, 2.05) is 0 Å². The van der Waals surface area contributed by atoms with Crippen LogP contribution in [0.25, 0.3) is 0 Å². The highest BCUT2D eigenvalue weighted by Gasteiger charge is 2.23. The lowest BCUT2D eigenvalue weighted by atomic mass is 9.86. The Labute approximate surface area is 124 Å². The zero-order chi connectivity index (χ0) is 15.4. The fraction of sp³-hybridized carbons (Fsp3) is 0.667. The molecular formula is C15H23N3O3. The van der Waals surface area contributed by atoms with E-state index in [1.54, 1.807) is 13.8 Å². The lowest BCUT2D eigenvalue weighted by Crippen LogP contribution is -2.40. The van der Waals surface area contributed by atoms with Gasteiger partial charge in [0, 0.05) is 23.9 Å². The lowest BCUT2D eigenvalue weighted by molar-refractivity contribution is -0.121. The fourth-order valence-electron chi connectivity index (χ4n) is 2.99. The third-order valence-corrected chi connectivity index (χ3v) is 4.08. The van der Waals surface area contributed by atoms with Crippen molar-refractivity contribution in [3.63, 3.8) is 0 Å². The largest absolute Gasteiger partial charge is 0.396 e. The number of rotatable bonds is 4. The van der Waals surface area contributed by atoms with E-state index in [0.29, 0.717) is 17.1 Å². The minimum atomic E-state index is -0.243. The maximum absolute atomic E-state index is 12.1. The van der Waals surface area contributed by atoms with Crippen molar-refractivity contribution in [3.05, 3.63) is 27.4 Å². The standard InChI is InChI=1S/C15H23N3O3/c1-9-13(15(21)17-10(2)16-9)7-14(20)18-12-5-3-4-11(6-12)8-19/h11-12,19H,3-8H2,1-2H3,(H,18,20)(H,16,17,21)/t11-,12-/m1/s1. The molecular weight excluding hydrogens is 270 g/mol. The number of nitrogens with one attached hydrogen (secondary N) is 2. The first-order chi connectivity index (χ1) is 9.99. The molecule has 1 heterocycles. The van der Waals surface area contributed by atoms with Crippen molar-refractivity contribution in [1.82, 2.24) is 15.3 Å². The minimum absolute atomic E-state index is 0.0503. The number of aliphatic hydroxyl groups is 1. The first-order valence-corrected chi connectivity index (χ1v) is 7.46. The Bertz CT molecular complexity index is 568. The summed E-state index contributed by atoms with van der Waals surface area (Å²) in [6.07, 6.45) is 3.83. The van der Waals surface area contributed by atoms with Gasteiger partial charge < -0.3 is 15.4 Å². The predicted molar refractivity (Wildman–Crippen MR) is 79.0 cm³/mol. The molecule has 0 aliphatic heterocycles. The third kappa shape index (κ3) is 4.14. The number of aryl methyl sites for hydroxylation is 2. The zero-order valence-electron chi connectivity index (χ0n) is 12.6. The van der Waals surface area contributed by atoms with E-state index in [1.165, 1.54) is 0 Å². The van der Waals surface area contributed by atoms with E-state index in [0.717, 1.165) is 25.7 Å². The molecule has 1 aliphatic rings. The molecule has 2 atom stereocenters. The molecule has 1 amide bonds. The van der Waals surface area contributed by atoms with Crippen LogP contribution in [0.4, 0.5) is 0 Å². The molecule has 0 bridgehead atoms. The number of aliphatic hydroxyl groups excluding tert-OH is 1. The van der Waals surface area contributed by atoms with Gasteiger partial charge in [-0.1, -0.05) is 6.42 Å². The molecule has 1 saturated carbocycles. The first-order valence-electron chi connectivity index (χ1n) is 7.46. The second-order valence-electron chi connectivity index (χ2n) is 5.87. The van der Waals surface area contributed by atoms with Crippen LogP contribution in [0.1, 0.15) is 42.8 Å². The Morgan fingerprint density at radius 2 is 2.19 bits per heavy atom. The Balaban J connectivity index is 1.97. The summed E-state index contributed by atoms with van der Waals surface area (Å²) in [4.78, 5) is 30.8. The molecule has 3 N–H and O–H groups in total. The van der Waals surface area contributed by atoms with Crippen molar-refractivity contribution in [2.75, 3.05) is 6.61 Å². The van der Waals surface area contributed by atoms with Gasteiger partial charge in [0.1, 0.15) is 5.82 Å². The van der Waals surface area contributed by atoms with E-state index in [-0.39, 0.29) is 36.5 Å². The molecule has 1 fully saturated rings. The molecule has 0 spiro atoms. The number of hydrogen-bond donors (Lipinski definition) is 3. The molecule has 0 saturated heterocycles. The normalized spacial score (nSPS) is 22.0. The number of aromatic nitrogens is 2. The molecule has 116 valence electrons. The predicted octanol–water partition coefficient (Wildman–Crippen LogP) is 0.597. The molecule has 2 rings (SSSR count). The number of carbonyl (C=O) groups is 1.